The van der Waals surface area contributed by atoms with E-state index in [1.165, 1.54) is 0 Å². The molecule has 0 spiro atoms. The predicted octanol–water partition coefficient (Wildman–Crippen LogP) is 3.31. The van der Waals surface area contributed by atoms with Crippen LogP contribution in [0.2, 0.25) is 0 Å². The predicted molar refractivity (Wildman–Crippen MR) is 69.1 cm³/mol. The van der Waals surface area contributed by atoms with E-state index in [1.807, 2.05) is 13.0 Å². The maximum Gasteiger partial charge on any atom is 0.494 e. The van der Waals surface area contributed by atoms with E-state index < -0.39 is 0 Å². The minimum absolute atomic E-state index is 0.116. The Morgan fingerprint density at radius 2 is 1.73 bits per heavy atom. The van der Waals surface area contributed by atoms with E-state index in [0.29, 0.717) is 12.1 Å². The van der Waals surface area contributed by atoms with Crippen molar-refractivity contribution >= 4 is 17.9 Å². The summed E-state index contributed by atoms with van der Waals surface area (Å²) in [6, 6.07) is 0.756. The minimum atomic E-state index is -0.361. The molecule has 0 rings (SSSR count). The Morgan fingerprint density at radius 1 is 1.27 bits per heavy atom. The zero-order valence-corrected chi connectivity index (χ0v) is 11.3. The van der Waals surface area contributed by atoms with E-state index >= 15 is 0 Å². The second-order valence-electron chi connectivity index (χ2n) is 4.40. The van der Waals surface area contributed by atoms with E-state index in [4.69, 9.17) is 16.1 Å². The second-order valence-corrected chi connectivity index (χ2v) is 4.77. The lowest BCUT2D eigenvalue weighted by atomic mass is 10.0. The molecule has 0 saturated carbocycles. The van der Waals surface area contributed by atoms with Gasteiger partial charge < -0.3 is 4.65 Å². The summed E-state index contributed by atoms with van der Waals surface area (Å²) >= 11 is 6.24. The third kappa shape index (κ3) is 5.60. The van der Waals surface area contributed by atoms with Gasteiger partial charge in [-0.25, -0.2) is 0 Å². The first-order valence-corrected chi connectivity index (χ1v) is 6.01. The first-order chi connectivity index (χ1) is 6.90. The molecule has 15 heavy (non-hydrogen) atoms. The number of nitrogens with zero attached hydrogens (tertiary/aromatic N) is 1. The Balaban J connectivity index is 4.25. The van der Waals surface area contributed by atoms with Gasteiger partial charge in [0.1, 0.15) is 0 Å². The van der Waals surface area contributed by atoms with Crippen LogP contribution in [0, 0.1) is 0 Å². The van der Waals surface area contributed by atoms with Crippen LogP contribution in [-0.4, -0.2) is 29.5 Å². The summed E-state index contributed by atoms with van der Waals surface area (Å²) in [7, 11) is 0. The molecule has 0 aromatic carbocycles. The Kier molecular flexibility index (Phi) is 7.32. The van der Waals surface area contributed by atoms with Crippen molar-refractivity contribution in [3.05, 3.63) is 12.7 Å². The van der Waals surface area contributed by atoms with Gasteiger partial charge in [0, 0.05) is 6.10 Å². The Bertz CT molecular complexity index is 179. The summed E-state index contributed by atoms with van der Waals surface area (Å²) in [6.07, 6.45) is 2.79. The number of halogens is 1. The molecule has 0 aliphatic heterocycles. The van der Waals surface area contributed by atoms with Crippen molar-refractivity contribution in [2.45, 2.75) is 59.2 Å². The highest BCUT2D eigenvalue weighted by atomic mass is 35.5. The summed E-state index contributed by atoms with van der Waals surface area (Å²) < 4.78 is 5.70. The van der Waals surface area contributed by atoms with Gasteiger partial charge in [-0.05, 0) is 25.4 Å². The van der Waals surface area contributed by atoms with Crippen LogP contribution in [0.1, 0.15) is 41.0 Å². The van der Waals surface area contributed by atoms with Crippen molar-refractivity contribution in [2.75, 3.05) is 0 Å². The summed E-state index contributed by atoms with van der Waals surface area (Å²) in [6.45, 7) is 13.8. The first kappa shape index (κ1) is 15.0. The quantitative estimate of drug-likeness (QED) is 0.492. The largest absolute Gasteiger partial charge is 0.494 e. The smallest absolute Gasteiger partial charge is 0.406 e. The topological polar surface area (TPSA) is 12.5 Å². The van der Waals surface area contributed by atoms with Crippen molar-refractivity contribution in [1.82, 2.24) is 4.81 Å². The van der Waals surface area contributed by atoms with Crippen LogP contribution in [0.4, 0.5) is 0 Å². The number of rotatable bonds is 7. The number of hydrogen-bond acceptors (Lipinski definition) is 2. The van der Waals surface area contributed by atoms with Gasteiger partial charge in [0.05, 0.1) is 0 Å². The fraction of sp³-hybridized carbons (Fsp3) is 0.818. The molecule has 0 N–H and O–H groups in total. The lowest BCUT2D eigenvalue weighted by molar-refractivity contribution is 0.175. The average molecular weight is 232 g/mol. The van der Waals surface area contributed by atoms with Crippen LogP contribution in [0.15, 0.2) is 12.7 Å². The van der Waals surface area contributed by atoms with E-state index in [2.05, 4.69) is 39.1 Å². The molecule has 0 saturated heterocycles. The first-order valence-electron chi connectivity index (χ1n) is 5.58. The molecule has 1 atom stereocenters. The van der Waals surface area contributed by atoms with E-state index in [1.54, 1.807) is 0 Å². The fourth-order valence-electron chi connectivity index (χ4n) is 1.62. The molecular weight excluding hydrogens is 208 g/mol. The molecule has 0 aromatic rings. The van der Waals surface area contributed by atoms with Gasteiger partial charge in [-0.3, -0.25) is 4.81 Å². The molecule has 88 valence electrons. The van der Waals surface area contributed by atoms with Crippen LogP contribution in [0.3, 0.4) is 0 Å². The highest BCUT2D eigenvalue weighted by Crippen LogP contribution is 2.14. The summed E-state index contributed by atoms with van der Waals surface area (Å²) in [5.74, 6) is 0. The molecule has 0 radical (unpaired) electrons. The Hall–Kier alpha value is 0.0149. The summed E-state index contributed by atoms with van der Waals surface area (Å²) in [5, 5.41) is 0. The van der Waals surface area contributed by atoms with E-state index in [-0.39, 0.29) is 12.6 Å². The normalized spacial score (nSPS) is 13.7. The molecule has 0 aliphatic carbocycles. The van der Waals surface area contributed by atoms with E-state index in [9.17, 15) is 0 Å². The highest BCUT2D eigenvalue weighted by molar-refractivity contribution is 7.01. The molecule has 0 amide bonds. The molecule has 2 nitrogen and oxygen atoms in total. The van der Waals surface area contributed by atoms with Crippen molar-refractivity contribution in [1.29, 1.82) is 0 Å². The molecule has 0 bridgehead atoms. The van der Waals surface area contributed by atoms with Crippen LogP contribution < -0.4 is 0 Å². The highest BCUT2D eigenvalue weighted by Gasteiger charge is 2.29. The van der Waals surface area contributed by atoms with Gasteiger partial charge in [-0.2, -0.15) is 0 Å². The molecule has 0 fully saturated rings. The SMILES string of the molecule is C=CC[C@@H](C)OB(Cl)N(C(C)C)C(C)C. The minimum Gasteiger partial charge on any atom is -0.406 e. The maximum atomic E-state index is 6.24. The number of hydrogen-bond donors (Lipinski definition) is 0. The fourth-order valence-corrected chi connectivity index (χ4v) is 2.24. The maximum absolute atomic E-state index is 6.24. The van der Waals surface area contributed by atoms with Crippen LogP contribution >= 0.6 is 11.5 Å². The van der Waals surface area contributed by atoms with Gasteiger partial charge in [0.25, 0.3) is 0 Å². The van der Waals surface area contributed by atoms with E-state index in [0.717, 1.165) is 6.42 Å². The Morgan fingerprint density at radius 3 is 2.07 bits per heavy atom. The van der Waals surface area contributed by atoms with Gasteiger partial charge >= 0.3 is 6.47 Å². The summed E-state index contributed by atoms with van der Waals surface area (Å²) in [5.41, 5.74) is 0. The van der Waals surface area contributed by atoms with Crippen molar-refractivity contribution in [3.63, 3.8) is 0 Å². The average Bonchev–Trinajstić information content (AvgIpc) is 2.01. The molecule has 0 unspecified atom stereocenters. The Labute approximate surface area is 99.7 Å². The molecule has 0 aromatic heterocycles. The standard InChI is InChI=1S/C11H23BClNO/c1-7-8-11(6)15-12(13)14(9(2)3)10(4)5/h7,9-11H,1,8H2,2-6H3/t11-/m1/s1. The van der Waals surface area contributed by atoms with Gasteiger partial charge in [0.15, 0.2) is 0 Å². The lowest BCUT2D eigenvalue weighted by Crippen LogP contribution is -2.48. The molecule has 0 heterocycles. The van der Waals surface area contributed by atoms with Crippen molar-refractivity contribution in [3.8, 4) is 0 Å². The second kappa shape index (κ2) is 7.31. The summed E-state index contributed by atoms with van der Waals surface area (Å²) in [4.78, 5) is 2.14. The van der Waals surface area contributed by atoms with Crippen molar-refractivity contribution in [2.24, 2.45) is 0 Å². The van der Waals surface area contributed by atoms with Gasteiger partial charge in [-0.1, -0.05) is 33.8 Å². The van der Waals surface area contributed by atoms with Gasteiger partial charge in [-0.15, -0.1) is 18.0 Å². The van der Waals surface area contributed by atoms with Crippen LogP contribution in [0.5, 0.6) is 0 Å². The zero-order valence-electron chi connectivity index (χ0n) is 10.5. The zero-order chi connectivity index (χ0) is 12.0. The third-order valence-electron chi connectivity index (χ3n) is 2.27. The molecule has 0 aliphatic rings. The van der Waals surface area contributed by atoms with Crippen LogP contribution in [-0.2, 0) is 4.65 Å². The van der Waals surface area contributed by atoms with Crippen LogP contribution in [0.25, 0.3) is 0 Å². The molecular formula is C11H23BClNO. The lowest BCUT2D eigenvalue weighted by Gasteiger charge is -2.33. The molecule has 4 heteroatoms. The third-order valence-corrected chi connectivity index (χ3v) is 2.60. The van der Waals surface area contributed by atoms with Crippen molar-refractivity contribution < 1.29 is 4.65 Å². The monoisotopic (exact) mass is 231 g/mol. The van der Waals surface area contributed by atoms with Gasteiger partial charge in [0.2, 0.25) is 0 Å².